The molecule has 0 radical (unpaired) electrons. The number of benzene rings is 1. The van der Waals surface area contributed by atoms with Gasteiger partial charge in [0, 0.05) is 4.88 Å². The van der Waals surface area contributed by atoms with Gasteiger partial charge in [0.25, 0.3) is 0 Å². The van der Waals surface area contributed by atoms with E-state index < -0.39 is 0 Å². The molecule has 106 valence electrons. The van der Waals surface area contributed by atoms with E-state index >= 15 is 0 Å². The lowest BCUT2D eigenvalue weighted by Gasteiger charge is -2.21. The van der Waals surface area contributed by atoms with Crippen LogP contribution in [0.1, 0.15) is 45.7 Å². The Balaban J connectivity index is 1.72. The third-order valence-corrected chi connectivity index (χ3v) is 4.88. The Morgan fingerprint density at radius 2 is 2.25 bits per heavy atom. The van der Waals surface area contributed by atoms with Crippen molar-refractivity contribution < 1.29 is 9.84 Å². The number of ether oxygens (including phenoxy) is 1. The van der Waals surface area contributed by atoms with E-state index in [4.69, 9.17) is 4.74 Å². The summed E-state index contributed by atoms with van der Waals surface area (Å²) in [5, 5.41) is 11.0. The highest BCUT2D eigenvalue weighted by Gasteiger charge is 2.18. The van der Waals surface area contributed by atoms with E-state index in [0.29, 0.717) is 6.61 Å². The molecule has 1 atom stereocenters. The van der Waals surface area contributed by atoms with Crippen molar-refractivity contribution >= 4 is 11.3 Å². The zero-order chi connectivity index (χ0) is 14.1. The molecule has 3 rings (SSSR count). The van der Waals surface area contributed by atoms with Gasteiger partial charge < -0.3 is 9.84 Å². The normalized spacial score (nSPS) is 17.9. The first-order chi connectivity index (χ1) is 9.63. The topological polar surface area (TPSA) is 42.4 Å². The number of rotatable bonds is 3. The van der Waals surface area contributed by atoms with Crippen LogP contribution in [-0.4, -0.2) is 10.1 Å². The van der Waals surface area contributed by atoms with Crippen molar-refractivity contribution in [1.29, 1.82) is 0 Å². The Labute approximate surface area is 123 Å². The number of aryl methyl sites for hydroxylation is 3. The summed E-state index contributed by atoms with van der Waals surface area (Å²) in [5.41, 5.74) is 3.36. The van der Waals surface area contributed by atoms with Crippen LogP contribution in [0.2, 0.25) is 0 Å². The summed E-state index contributed by atoms with van der Waals surface area (Å²) in [6.07, 6.45) is 2.63. The molecule has 0 saturated carbocycles. The first kappa shape index (κ1) is 13.6. The lowest BCUT2D eigenvalue weighted by atomic mass is 9.89. The maximum absolute atomic E-state index is 9.94. The maximum Gasteiger partial charge on any atom is 0.140 e. The van der Waals surface area contributed by atoms with Gasteiger partial charge in [-0.1, -0.05) is 6.07 Å². The molecule has 1 N–H and O–H groups in total. The van der Waals surface area contributed by atoms with Crippen molar-refractivity contribution in [3.05, 3.63) is 44.9 Å². The highest BCUT2D eigenvalue weighted by atomic mass is 32.1. The van der Waals surface area contributed by atoms with Gasteiger partial charge in [0.05, 0.1) is 11.8 Å². The number of aliphatic hydroxyl groups excluding tert-OH is 1. The lowest BCUT2D eigenvalue weighted by molar-refractivity contribution is 0.156. The quantitative estimate of drug-likeness (QED) is 0.936. The first-order valence-electron chi connectivity index (χ1n) is 7.00. The van der Waals surface area contributed by atoms with E-state index in [2.05, 4.69) is 18.0 Å². The minimum absolute atomic E-state index is 0.308. The van der Waals surface area contributed by atoms with Gasteiger partial charge in [0.1, 0.15) is 17.4 Å². The fourth-order valence-corrected chi connectivity index (χ4v) is 3.45. The van der Waals surface area contributed by atoms with E-state index in [-0.39, 0.29) is 6.10 Å². The van der Waals surface area contributed by atoms with Crippen LogP contribution in [-0.2, 0) is 13.0 Å². The van der Waals surface area contributed by atoms with Crippen molar-refractivity contribution in [2.45, 2.75) is 45.8 Å². The third-order valence-electron chi connectivity index (χ3n) is 3.83. The zero-order valence-electron chi connectivity index (χ0n) is 11.8. The average Bonchev–Trinajstić information content (AvgIpc) is 2.76. The highest BCUT2D eigenvalue weighted by Crippen LogP contribution is 2.32. The van der Waals surface area contributed by atoms with Gasteiger partial charge in [-0.25, -0.2) is 4.98 Å². The predicted molar refractivity (Wildman–Crippen MR) is 80.3 cm³/mol. The summed E-state index contributed by atoms with van der Waals surface area (Å²) < 4.78 is 5.83. The molecule has 0 bridgehead atoms. The Hall–Kier alpha value is -1.39. The van der Waals surface area contributed by atoms with E-state index in [9.17, 15) is 5.11 Å². The summed E-state index contributed by atoms with van der Waals surface area (Å²) in [6.45, 7) is 4.62. The van der Waals surface area contributed by atoms with Crippen molar-refractivity contribution in [1.82, 2.24) is 4.98 Å². The number of aliphatic hydroxyl groups is 1. The standard InChI is InChI=1S/C16H19NO2S/c1-10-11(2)20-16(17-10)9-19-13-6-7-14-12(8-13)4-3-5-15(14)18/h6-8,15,18H,3-5,9H2,1-2H3. The second-order valence-corrected chi connectivity index (χ2v) is 6.59. The summed E-state index contributed by atoms with van der Waals surface area (Å²) in [5.74, 6) is 0.864. The van der Waals surface area contributed by atoms with Crippen molar-refractivity contribution in [3.63, 3.8) is 0 Å². The minimum atomic E-state index is -0.308. The minimum Gasteiger partial charge on any atom is -0.486 e. The fraction of sp³-hybridized carbons (Fsp3) is 0.438. The largest absolute Gasteiger partial charge is 0.486 e. The van der Waals surface area contributed by atoms with Gasteiger partial charge in [0.15, 0.2) is 0 Å². The number of nitrogens with zero attached hydrogens (tertiary/aromatic N) is 1. The average molecular weight is 289 g/mol. The van der Waals surface area contributed by atoms with Crippen LogP contribution in [0, 0.1) is 13.8 Å². The molecule has 1 aromatic carbocycles. The molecule has 20 heavy (non-hydrogen) atoms. The number of thiazole rings is 1. The van der Waals surface area contributed by atoms with E-state index in [0.717, 1.165) is 41.3 Å². The second-order valence-electron chi connectivity index (χ2n) is 5.31. The molecular formula is C16H19NO2S. The molecule has 0 aliphatic heterocycles. The van der Waals surface area contributed by atoms with Crippen LogP contribution in [0.3, 0.4) is 0 Å². The fourth-order valence-electron chi connectivity index (χ4n) is 2.60. The monoisotopic (exact) mass is 289 g/mol. The Bertz CT molecular complexity index is 601. The Kier molecular flexibility index (Phi) is 3.76. The van der Waals surface area contributed by atoms with Crippen LogP contribution in [0.25, 0.3) is 0 Å². The molecule has 1 aliphatic rings. The first-order valence-corrected chi connectivity index (χ1v) is 7.82. The van der Waals surface area contributed by atoms with E-state index in [1.54, 1.807) is 11.3 Å². The van der Waals surface area contributed by atoms with Gasteiger partial charge in [-0.3, -0.25) is 0 Å². The highest BCUT2D eigenvalue weighted by molar-refractivity contribution is 7.11. The second kappa shape index (κ2) is 5.54. The number of hydrogen-bond donors (Lipinski definition) is 1. The molecule has 1 aliphatic carbocycles. The van der Waals surface area contributed by atoms with Gasteiger partial charge in [-0.05, 0) is 56.4 Å². The van der Waals surface area contributed by atoms with Crippen LogP contribution >= 0.6 is 11.3 Å². The maximum atomic E-state index is 9.94. The van der Waals surface area contributed by atoms with Crippen LogP contribution in [0.4, 0.5) is 0 Å². The molecule has 1 heterocycles. The van der Waals surface area contributed by atoms with Crippen LogP contribution < -0.4 is 4.74 Å². The molecule has 0 saturated heterocycles. The predicted octanol–water partition coefficient (Wildman–Crippen LogP) is 3.71. The van der Waals surface area contributed by atoms with Gasteiger partial charge in [0.2, 0.25) is 0 Å². The molecule has 0 spiro atoms. The molecule has 2 aromatic rings. The number of fused-ring (bicyclic) bond motifs is 1. The van der Waals surface area contributed by atoms with Crippen LogP contribution in [0.5, 0.6) is 5.75 Å². The summed E-state index contributed by atoms with van der Waals surface area (Å²) >= 11 is 1.69. The summed E-state index contributed by atoms with van der Waals surface area (Å²) in [6, 6.07) is 6.00. The summed E-state index contributed by atoms with van der Waals surface area (Å²) in [4.78, 5) is 5.73. The van der Waals surface area contributed by atoms with Crippen molar-refractivity contribution in [3.8, 4) is 5.75 Å². The van der Waals surface area contributed by atoms with Gasteiger partial charge in [-0.15, -0.1) is 11.3 Å². The molecule has 3 nitrogen and oxygen atoms in total. The van der Waals surface area contributed by atoms with Crippen LogP contribution in [0.15, 0.2) is 18.2 Å². The van der Waals surface area contributed by atoms with E-state index in [1.165, 1.54) is 10.4 Å². The smallest absolute Gasteiger partial charge is 0.140 e. The lowest BCUT2D eigenvalue weighted by Crippen LogP contribution is -2.09. The van der Waals surface area contributed by atoms with Gasteiger partial charge in [-0.2, -0.15) is 0 Å². The molecule has 1 aromatic heterocycles. The van der Waals surface area contributed by atoms with Crippen molar-refractivity contribution in [2.24, 2.45) is 0 Å². The Morgan fingerprint density at radius 3 is 3.00 bits per heavy atom. The SMILES string of the molecule is Cc1nc(COc2ccc3c(c2)CCCC3O)sc1C. The molecule has 0 fully saturated rings. The summed E-state index contributed by atoms with van der Waals surface area (Å²) in [7, 11) is 0. The molecule has 4 heteroatoms. The zero-order valence-corrected chi connectivity index (χ0v) is 12.7. The van der Waals surface area contributed by atoms with Gasteiger partial charge >= 0.3 is 0 Å². The van der Waals surface area contributed by atoms with E-state index in [1.807, 2.05) is 19.1 Å². The Morgan fingerprint density at radius 1 is 1.40 bits per heavy atom. The number of hydrogen-bond acceptors (Lipinski definition) is 4. The number of aromatic nitrogens is 1. The molecule has 0 amide bonds. The molecular weight excluding hydrogens is 270 g/mol. The molecule has 1 unspecified atom stereocenters. The third kappa shape index (κ3) is 2.72. The van der Waals surface area contributed by atoms with Crippen molar-refractivity contribution in [2.75, 3.05) is 0 Å².